The number of ether oxygens (including phenoxy) is 1. The zero-order chi connectivity index (χ0) is 38.2. The van der Waals surface area contributed by atoms with Crippen LogP contribution in [0.2, 0.25) is 0 Å². The number of allylic oxidation sites excluding steroid dienone is 1. The number of hydrogen-bond donors (Lipinski definition) is 2. The second kappa shape index (κ2) is 14.1. The van der Waals surface area contributed by atoms with Gasteiger partial charge < -0.3 is 19.8 Å². The topological polar surface area (TPSA) is 107 Å². The molecule has 0 amide bonds. The van der Waals surface area contributed by atoms with Gasteiger partial charge in [0.05, 0.1) is 18.4 Å². The van der Waals surface area contributed by atoms with Crippen molar-refractivity contribution < 1.29 is 29.3 Å². The minimum atomic E-state index is -0.966. The molecule has 5 saturated carbocycles. The number of aliphatic hydroxyl groups is 1. The van der Waals surface area contributed by atoms with Gasteiger partial charge >= 0.3 is 11.9 Å². The summed E-state index contributed by atoms with van der Waals surface area (Å²) in [6.07, 6.45) is 10.3. The lowest BCUT2D eigenvalue weighted by atomic mass is 9.33. The number of fused-ring (bicyclic) bond motifs is 7. The van der Waals surface area contributed by atoms with Crippen LogP contribution in [0.25, 0.3) is 0 Å². The third-order valence-electron chi connectivity index (χ3n) is 16.7. The van der Waals surface area contributed by atoms with Gasteiger partial charge in [0.2, 0.25) is 0 Å². The number of Topliss-reactive ketones (excluding diaryl/α,β-unsaturated/α-hetero) is 1. The Morgan fingerprint density at radius 3 is 2.17 bits per heavy atom. The lowest BCUT2D eigenvalue weighted by Crippen LogP contribution is -2.66. The molecule has 0 aromatic carbocycles. The molecule has 6 aliphatic carbocycles. The molecule has 0 aliphatic heterocycles. The van der Waals surface area contributed by atoms with E-state index in [0.717, 1.165) is 82.5 Å². The molecule has 0 radical (unpaired) electrons. The Kier molecular flexibility index (Phi) is 10.8. The minimum Gasteiger partial charge on any atom is -0.481 e. The van der Waals surface area contributed by atoms with Gasteiger partial charge in [-0.05, 0) is 130 Å². The fourth-order valence-electron chi connectivity index (χ4n) is 13.5. The second-order valence-electron chi connectivity index (χ2n) is 20.7. The average Bonchev–Trinajstić information content (AvgIpc) is 3.80. The van der Waals surface area contributed by atoms with E-state index in [4.69, 9.17) is 4.74 Å². The van der Waals surface area contributed by atoms with Gasteiger partial charge in [0.1, 0.15) is 6.10 Å². The zero-order valence-electron chi connectivity index (χ0n) is 34.4. The van der Waals surface area contributed by atoms with Crippen LogP contribution < -0.4 is 0 Å². The first-order valence-corrected chi connectivity index (χ1v) is 21.0. The summed E-state index contributed by atoms with van der Waals surface area (Å²) in [7, 11) is 4.24. The number of carboxylic acids is 1. The Balaban J connectivity index is 1.28. The predicted molar refractivity (Wildman–Crippen MR) is 204 cm³/mol. The molecule has 0 bridgehead atoms. The molecule has 8 heteroatoms. The molecular formula is C44H72N2O6. The third-order valence-corrected chi connectivity index (χ3v) is 16.7. The summed E-state index contributed by atoms with van der Waals surface area (Å²) in [5, 5.41) is 21.9. The maximum atomic E-state index is 14.2. The highest BCUT2D eigenvalue weighted by atomic mass is 16.5. The number of carbonyl (C=O) groups excluding carboxylic acids is 2. The van der Waals surface area contributed by atoms with Crippen LogP contribution in [-0.2, 0) is 19.1 Å². The number of hydrogen-bond acceptors (Lipinski definition) is 7. The van der Waals surface area contributed by atoms with E-state index in [1.165, 1.54) is 18.4 Å². The van der Waals surface area contributed by atoms with Gasteiger partial charge in [-0.25, -0.2) is 0 Å². The Morgan fingerprint density at radius 2 is 1.56 bits per heavy atom. The smallest absolute Gasteiger partial charge is 0.306 e. The van der Waals surface area contributed by atoms with Crippen LogP contribution in [0.4, 0.5) is 0 Å². The largest absolute Gasteiger partial charge is 0.481 e. The number of nitrogens with zero attached hydrogens (tertiary/aromatic N) is 2. The van der Waals surface area contributed by atoms with Crippen molar-refractivity contribution in [2.75, 3.05) is 40.3 Å². The summed E-state index contributed by atoms with van der Waals surface area (Å²) in [4.78, 5) is 43.3. The number of carboxylic acid groups (broad SMARTS) is 1. The van der Waals surface area contributed by atoms with Crippen molar-refractivity contribution in [3.05, 3.63) is 11.1 Å². The highest BCUT2D eigenvalue weighted by molar-refractivity contribution is 6.00. The van der Waals surface area contributed by atoms with Crippen LogP contribution in [0, 0.1) is 62.6 Å². The second-order valence-corrected chi connectivity index (χ2v) is 20.7. The maximum Gasteiger partial charge on any atom is 0.306 e. The van der Waals surface area contributed by atoms with Crippen LogP contribution in [-0.4, -0.2) is 90.2 Å². The molecule has 0 spiro atoms. The molecule has 0 saturated heterocycles. The highest BCUT2D eigenvalue weighted by Crippen LogP contribution is 2.77. The molecule has 8 nitrogen and oxygen atoms in total. The summed E-state index contributed by atoms with van der Waals surface area (Å²) in [6.45, 7) is 21.8. The van der Waals surface area contributed by atoms with Gasteiger partial charge in [-0.15, -0.1) is 0 Å². The number of aliphatic carboxylic acids is 1. The lowest BCUT2D eigenvalue weighted by molar-refractivity contribution is -0.235. The SMILES string of the molecule is CC(C)C1=C2[C@H]3CC[C@@H]4[C@@]5(C)CC[C@H](OC(=O)C[C@@H](C)C(=O)O)C(C)(C)[C@@H]5CC[C@@]4(C)[C@]3(C)CCC2(C(O)CN(CCN(C)C)CC2CC2)CC1=O. The third kappa shape index (κ3) is 6.54. The predicted octanol–water partition coefficient (Wildman–Crippen LogP) is 7.62. The van der Waals surface area contributed by atoms with Crippen molar-refractivity contribution in [3.8, 4) is 0 Å². The maximum absolute atomic E-state index is 14.2. The number of rotatable bonds is 13. The quantitative estimate of drug-likeness (QED) is 0.187. The molecule has 2 N–H and O–H groups in total. The molecule has 0 heterocycles. The van der Waals surface area contributed by atoms with Crippen LogP contribution in [0.5, 0.6) is 0 Å². The molecule has 294 valence electrons. The molecule has 6 rings (SSSR count). The minimum absolute atomic E-state index is 0.0201. The van der Waals surface area contributed by atoms with E-state index >= 15 is 0 Å². The van der Waals surface area contributed by atoms with E-state index < -0.39 is 29.4 Å². The fourth-order valence-corrected chi connectivity index (χ4v) is 13.5. The van der Waals surface area contributed by atoms with Crippen LogP contribution in [0.15, 0.2) is 11.1 Å². The van der Waals surface area contributed by atoms with E-state index in [1.54, 1.807) is 6.92 Å². The Bertz CT molecular complexity index is 1430. The molecule has 2 unspecified atom stereocenters. The van der Waals surface area contributed by atoms with Crippen molar-refractivity contribution in [2.45, 2.75) is 145 Å². The van der Waals surface area contributed by atoms with Gasteiger partial charge in [-0.3, -0.25) is 19.3 Å². The standard InChI is InChI=1S/C44H72N2O6/c1-27(2)37-31(47)24-44(34(48)26-46(22-21-45(9)10)25-29-11-12-29)20-19-42(7)30(38(37)44)13-14-33-41(6)17-16-35(52-36(49)23-28(3)39(50)51)40(4,5)32(41)15-18-43(33,42)8/h27-30,32-35,48H,11-26H2,1-10H3,(H,50,51)/t28-,30-,32+,33-,34?,35+,41+,42-,43-,44?/m1/s1. The average molecular weight is 725 g/mol. The number of likely N-dealkylation sites (N-methyl/N-ethyl adjacent to an activating group) is 1. The molecular weight excluding hydrogens is 652 g/mol. The fraction of sp³-hybridized carbons (Fsp3) is 0.886. The van der Waals surface area contributed by atoms with Crippen molar-refractivity contribution in [3.63, 3.8) is 0 Å². The number of ketones is 1. The first-order chi connectivity index (χ1) is 24.2. The van der Waals surface area contributed by atoms with Gasteiger partial charge in [0.25, 0.3) is 0 Å². The molecule has 5 fully saturated rings. The Hall–Kier alpha value is -1.77. The van der Waals surface area contributed by atoms with Crippen LogP contribution in [0.3, 0.4) is 0 Å². The Labute approximate surface area is 314 Å². The van der Waals surface area contributed by atoms with Crippen LogP contribution in [0.1, 0.15) is 132 Å². The van der Waals surface area contributed by atoms with Gasteiger partial charge in [0.15, 0.2) is 5.78 Å². The van der Waals surface area contributed by atoms with E-state index in [2.05, 4.69) is 72.4 Å². The van der Waals surface area contributed by atoms with Crippen molar-refractivity contribution in [2.24, 2.45) is 62.6 Å². The summed E-state index contributed by atoms with van der Waals surface area (Å²) in [5.74, 6) is 0.256. The van der Waals surface area contributed by atoms with E-state index in [9.17, 15) is 24.6 Å². The summed E-state index contributed by atoms with van der Waals surface area (Å²) < 4.78 is 6.12. The first kappa shape index (κ1) is 39.9. The number of carbonyl (C=O) groups is 3. The monoisotopic (exact) mass is 725 g/mol. The molecule has 0 aromatic heterocycles. The number of esters is 1. The van der Waals surface area contributed by atoms with E-state index in [-0.39, 0.29) is 45.9 Å². The van der Waals surface area contributed by atoms with E-state index in [1.807, 2.05) is 0 Å². The molecule has 52 heavy (non-hydrogen) atoms. The van der Waals surface area contributed by atoms with Gasteiger partial charge in [-0.1, -0.05) is 61.0 Å². The Morgan fingerprint density at radius 1 is 0.865 bits per heavy atom. The summed E-state index contributed by atoms with van der Waals surface area (Å²) >= 11 is 0. The van der Waals surface area contributed by atoms with Crippen molar-refractivity contribution in [1.29, 1.82) is 0 Å². The van der Waals surface area contributed by atoms with Crippen molar-refractivity contribution >= 4 is 17.7 Å². The normalized spacial score (nSPS) is 39.5. The number of aliphatic hydroxyl groups excluding tert-OH is 1. The van der Waals surface area contributed by atoms with Gasteiger partial charge in [0, 0.05) is 43.4 Å². The molecule has 0 aromatic rings. The molecule has 10 atom stereocenters. The zero-order valence-corrected chi connectivity index (χ0v) is 34.4. The van der Waals surface area contributed by atoms with Gasteiger partial charge in [-0.2, -0.15) is 0 Å². The van der Waals surface area contributed by atoms with Crippen LogP contribution >= 0.6 is 0 Å². The van der Waals surface area contributed by atoms with Crippen molar-refractivity contribution in [1.82, 2.24) is 9.80 Å². The summed E-state index contributed by atoms with van der Waals surface area (Å²) in [5.41, 5.74) is 1.90. The lowest BCUT2D eigenvalue weighted by Gasteiger charge is -2.72. The molecule has 6 aliphatic rings. The first-order valence-electron chi connectivity index (χ1n) is 21.0. The summed E-state index contributed by atoms with van der Waals surface area (Å²) in [6, 6.07) is 0. The van der Waals surface area contributed by atoms with E-state index in [0.29, 0.717) is 30.7 Å². The highest BCUT2D eigenvalue weighted by Gasteiger charge is 2.70.